The van der Waals surface area contributed by atoms with Crippen LogP contribution in [0.3, 0.4) is 0 Å². The van der Waals surface area contributed by atoms with E-state index in [0.29, 0.717) is 0 Å². The summed E-state index contributed by atoms with van der Waals surface area (Å²) in [6, 6.07) is 0. The molecule has 0 bridgehead atoms. The summed E-state index contributed by atoms with van der Waals surface area (Å²) in [5, 5.41) is 0. The van der Waals surface area contributed by atoms with Crippen molar-refractivity contribution in [3.8, 4) is 0 Å². The molecule has 0 radical (unpaired) electrons. The molecular formula is C6H12O2. The fraction of sp³-hybridized carbons (Fsp3) is 0.667. The lowest BCUT2D eigenvalue weighted by Crippen LogP contribution is -2.07. The minimum Gasteiger partial charge on any atom is -0.239 e. The zero-order valence-electron chi connectivity index (χ0n) is 5.60. The summed E-state index contributed by atoms with van der Waals surface area (Å²) in [5.41, 5.74) is 0.965. The topological polar surface area (TPSA) is 18.5 Å². The first-order valence-electron chi connectivity index (χ1n) is 2.53. The molecule has 48 valence electrons. The third kappa shape index (κ3) is 2.77. The van der Waals surface area contributed by atoms with E-state index < -0.39 is 0 Å². The van der Waals surface area contributed by atoms with E-state index in [1.54, 1.807) is 0 Å². The van der Waals surface area contributed by atoms with Crippen LogP contribution < -0.4 is 0 Å². The molecule has 0 heterocycles. The molecular weight excluding hydrogens is 104 g/mol. The van der Waals surface area contributed by atoms with Gasteiger partial charge in [0, 0.05) is 0 Å². The van der Waals surface area contributed by atoms with Crippen molar-refractivity contribution < 1.29 is 9.78 Å². The van der Waals surface area contributed by atoms with E-state index >= 15 is 0 Å². The fourth-order valence-electron chi connectivity index (χ4n) is 0.226. The van der Waals surface area contributed by atoms with Crippen molar-refractivity contribution in [2.24, 2.45) is 0 Å². The molecule has 0 amide bonds. The summed E-state index contributed by atoms with van der Waals surface area (Å²) < 4.78 is 0. The maximum Gasteiger partial charge on any atom is 0.111 e. The average Bonchev–Trinajstić information content (AvgIpc) is 1.67. The summed E-state index contributed by atoms with van der Waals surface area (Å²) in [5.74, 6) is 0. The molecule has 1 atom stereocenters. The van der Waals surface area contributed by atoms with E-state index in [1.165, 1.54) is 7.11 Å². The molecule has 0 saturated heterocycles. The minimum atomic E-state index is -0.000000000000000222. The predicted octanol–water partition coefficient (Wildman–Crippen LogP) is 1.53. The van der Waals surface area contributed by atoms with Crippen molar-refractivity contribution in [3.05, 3.63) is 12.2 Å². The van der Waals surface area contributed by atoms with Gasteiger partial charge < -0.3 is 0 Å². The van der Waals surface area contributed by atoms with Crippen molar-refractivity contribution in [2.45, 2.75) is 20.0 Å². The minimum absolute atomic E-state index is 0.000000000000000222. The maximum absolute atomic E-state index is 4.70. The van der Waals surface area contributed by atoms with Gasteiger partial charge in [-0.2, -0.15) is 0 Å². The Balaban J connectivity index is 3.32. The monoisotopic (exact) mass is 116 g/mol. The molecule has 0 aromatic rings. The highest BCUT2D eigenvalue weighted by Gasteiger charge is 1.99. The molecule has 0 aliphatic rings. The van der Waals surface area contributed by atoms with E-state index in [-0.39, 0.29) is 6.10 Å². The summed E-state index contributed by atoms with van der Waals surface area (Å²) in [6.07, 6.45) is -0.000000000000000222. The van der Waals surface area contributed by atoms with Gasteiger partial charge in [-0.1, -0.05) is 6.58 Å². The Morgan fingerprint density at radius 1 is 1.62 bits per heavy atom. The van der Waals surface area contributed by atoms with Crippen LogP contribution in [0.4, 0.5) is 0 Å². The smallest absolute Gasteiger partial charge is 0.111 e. The third-order valence-electron chi connectivity index (χ3n) is 0.935. The van der Waals surface area contributed by atoms with E-state index in [2.05, 4.69) is 11.5 Å². The Bertz CT molecular complexity index is 78.6. The van der Waals surface area contributed by atoms with Gasteiger partial charge in [-0.3, -0.25) is 0 Å². The molecule has 0 saturated carbocycles. The molecule has 1 unspecified atom stereocenters. The van der Waals surface area contributed by atoms with Crippen LogP contribution in [0, 0.1) is 0 Å². The second kappa shape index (κ2) is 3.64. The Hall–Kier alpha value is -0.340. The predicted molar refractivity (Wildman–Crippen MR) is 32.4 cm³/mol. The second-order valence-electron chi connectivity index (χ2n) is 1.75. The molecule has 0 N–H and O–H groups in total. The maximum atomic E-state index is 4.70. The molecule has 0 aliphatic heterocycles. The normalized spacial score (nSPS) is 13.4. The van der Waals surface area contributed by atoms with Gasteiger partial charge in [0.2, 0.25) is 0 Å². The second-order valence-corrected chi connectivity index (χ2v) is 1.75. The van der Waals surface area contributed by atoms with Crippen LogP contribution in [0.5, 0.6) is 0 Å². The van der Waals surface area contributed by atoms with Crippen molar-refractivity contribution in [3.63, 3.8) is 0 Å². The zero-order chi connectivity index (χ0) is 6.57. The van der Waals surface area contributed by atoms with Gasteiger partial charge >= 0.3 is 0 Å². The largest absolute Gasteiger partial charge is 0.239 e. The summed E-state index contributed by atoms with van der Waals surface area (Å²) in [7, 11) is 1.49. The molecule has 0 aromatic heterocycles. The first-order chi connectivity index (χ1) is 3.68. The van der Waals surface area contributed by atoms with Crippen LogP contribution in [0.15, 0.2) is 12.2 Å². The highest BCUT2D eigenvalue weighted by atomic mass is 17.2. The van der Waals surface area contributed by atoms with Gasteiger partial charge in [0.1, 0.15) is 6.10 Å². The fourth-order valence-corrected chi connectivity index (χ4v) is 0.226. The Labute approximate surface area is 50.0 Å². The highest BCUT2D eigenvalue weighted by molar-refractivity contribution is 4.94. The first-order valence-corrected chi connectivity index (χ1v) is 2.53. The average molecular weight is 116 g/mol. The van der Waals surface area contributed by atoms with Crippen molar-refractivity contribution >= 4 is 0 Å². The molecule has 8 heavy (non-hydrogen) atoms. The third-order valence-corrected chi connectivity index (χ3v) is 0.935. The molecule has 2 nitrogen and oxygen atoms in total. The zero-order valence-corrected chi connectivity index (χ0v) is 5.60. The summed E-state index contributed by atoms with van der Waals surface area (Å²) >= 11 is 0. The molecule has 2 heteroatoms. The number of hydrogen-bond donors (Lipinski definition) is 0. The van der Waals surface area contributed by atoms with Crippen molar-refractivity contribution in [1.82, 2.24) is 0 Å². The van der Waals surface area contributed by atoms with Crippen LogP contribution >= 0.6 is 0 Å². The van der Waals surface area contributed by atoms with Gasteiger partial charge in [-0.15, -0.1) is 0 Å². The van der Waals surface area contributed by atoms with Crippen molar-refractivity contribution in [2.75, 3.05) is 7.11 Å². The molecule has 0 aliphatic carbocycles. The lowest BCUT2D eigenvalue weighted by atomic mass is 10.2. The molecule has 0 aromatic carbocycles. The number of rotatable bonds is 3. The lowest BCUT2D eigenvalue weighted by Gasteiger charge is -2.07. The van der Waals surface area contributed by atoms with Crippen LogP contribution in [-0.2, 0) is 9.78 Å². The van der Waals surface area contributed by atoms with Crippen LogP contribution in [0.25, 0.3) is 0 Å². The molecule has 0 fully saturated rings. The quantitative estimate of drug-likeness (QED) is 0.316. The van der Waals surface area contributed by atoms with Crippen molar-refractivity contribution in [1.29, 1.82) is 0 Å². The SMILES string of the molecule is C=C(C)C(C)OOC. The van der Waals surface area contributed by atoms with Crippen LogP contribution in [-0.4, -0.2) is 13.2 Å². The van der Waals surface area contributed by atoms with E-state index in [4.69, 9.17) is 4.89 Å². The van der Waals surface area contributed by atoms with Crippen LogP contribution in [0.2, 0.25) is 0 Å². The van der Waals surface area contributed by atoms with Gasteiger partial charge in [0.05, 0.1) is 7.11 Å². The van der Waals surface area contributed by atoms with E-state index in [1.807, 2.05) is 13.8 Å². The molecule has 0 rings (SSSR count). The van der Waals surface area contributed by atoms with Gasteiger partial charge in [-0.05, 0) is 19.4 Å². The highest BCUT2D eigenvalue weighted by Crippen LogP contribution is 2.00. The number of hydrogen-bond acceptors (Lipinski definition) is 2. The standard InChI is InChI=1S/C6H12O2/c1-5(2)6(3)8-7-4/h6H,1H2,2-4H3. The lowest BCUT2D eigenvalue weighted by molar-refractivity contribution is -0.291. The van der Waals surface area contributed by atoms with Gasteiger partial charge in [0.25, 0.3) is 0 Å². The Morgan fingerprint density at radius 3 is 2.25 bits per heavy atom. The van der Waals surface area contributed by atoms with E-state index in [9.17, 15) is 0 Å². The van der Waals surface area contributed by atoms with E-state index in [0.717, 1.165) is 5.57 Å². The summed E-state index contributed by atoms with van der Waals surface area (Å²) in [6.45, 7) is 7.44. The van der Waals surface area contributed by atoms with Gasteiger partial charge in [-0.25, -0.2) is 9.78 Å². The Kier molecular flexibility index (Phi) is 3.48. The Morgan fingerprint density at radius 2 is 2.12 bits per heavy atom. The summed E-state index contributed by atoms with van der Waals surface area (Å²) in [4.78, 5) is 9.11. The van der Waals surface area contributed by atoms with Gasteiger partial charge in [0.15, 0.2) is 0 Å². The first kappa shape index (κ1) is 7.66. The van der Waals surface area contributed by atoms with Crippen LogP contribution in [0.1, 0.15) is 13.8 Å². The molecule has 0 spiro atoms.